The molecule has 0 saturated heterocycles. The Bertz CT molecular complexity index is 74.0. The molecule has 0 aliphatic rings. The summed E-state index contributed by atoms with van der Waals surface area (Å²) in [5.41, 5.74) is 0. The molecule has 10 heavy (non-hydrogen) atoms. The molecule has 0 amide bonds. The van der Waals surface area contributed by atoms with Gasteiger partial charge in [0.25, 0.3) is 0 Å². The zero-order valence-electron chi connectivity index (χ0n) is 6.92. The molecule has 0 aromatic heterocycles. The van der Waals surface area contributed by atoms with Gasteiger partial charge in [-0.1, -0.05) is 13.8 Å². The van der Waals surface area contributed by atoms with Crippen molar-refractivity contribution in [3.05, 3.63) is 6.92 Å². The van der Waals surface area contributed by atoms with Gasteiger partial charge < -0.3 is 12.0 Å². The van der Waals surface area contributed by atoms with E-state index in [1.54, 1.807) is 13.8 Å². The predicted octanol–water partition coefficient (Wildman–Crippen LogP) is 1.95. The summed E-state index contributed by atoms with van der Waals surface area (Å²) < 4.78 is 0. The fraction of sp³-hybridized carbons (Fsp3) is 0.714. The molecule has 0 aromatic rings. The Morgan fingerprint density at radius 1 is 1.60 bits per heavy atom. The van der Waals surface area contributed by atoms with Gasteiger partial charge in [0.15, 0.2) is 0 Å². The largest absolute Gasteiger partial charge is 0.481 e. The maximum Gasteiger partial charge on any atom is 0.306 e. The van der Waals surface area contributed by atoms with E-state index in [9.17, 15) is 4.79 Å². The van der Waals surface area contributed by atoms with E-state index in [-0.39, 0.29) is 38.6 Å². The Balaban J connectivity index is -0.000000149. The molecule has 0 aromatic carbocycles. The summed E-state index contributed by atoms with van der Waals surface area (Å²) in [6.07, 6.45) is 0.718. The molecule has 1 atom stereocenters. The Hall–Kier alpha value is 0.574. The van der Waals surface area contributed by atoms with Gasteiger partial charge in [0.05, 0.1) is 5.92 Å². The van der Waals surface area contributed by atoms with Crippen LogP contribution in [0.3, 0.4) is 0 Å². The normalized spacial score (nSPS) is 10.0. The first-order valence-electron chi connectivity index (χ1n) is 3.12. The SMILES string of the molecule is CCC(C)C(=O)O.[CH2-]C.[Y]. The first-order valence-corrected chi connectivity index (χ1v) is 3.12. The van der Waals surface area contributed by atoms with Crippen LogP contribution < -0.4 is 0 Å². The third-order valence-corrected chi connectivity index (χ3v) is 1.03. The van der Waals surface area contributed by atoms with Crippen LogP contribution >= 0.6 is 0 Å². The Labute approximate surface area is 88.3 Å². The summed E-state index contributed by atoms with van der Waals surface area (Å²) in [7, 11) is 0. The van der Waals surface area contributed by atoms with Crippen LogP contribution in [0.1, 0.15) is 27.2 Å². The van der Waals surface area contributed by atoms with Crippen molar-refractivity contribution in [2.45, 2.75) is 27.2 Å². The van der Waals surface area contributed by atoms with Crippen LogP contribution in [0, 0.1) is 12.8 Å². The minimum absolute atomic E-state index is 0. The Kier molecular flexibility index (Phi) is 20.7. The molecule has 0 rings (SSSR count). The molecule has 0 fully saturated rings. The average Bonchev–Trinajstić information content (AvgIpc) is 1.91. The van der Waals surface area contributed by atoms with Crippen LogP contribution in [-0.4, -0.2) is 11.1 Å². The molecule has 0 saturated carbocycles. The summed E-state index contributed by atoms with van der Waals surface area (Å²) in [4.78, 5) is 9.93. The number of carboxylic acids is 1. The van der Waals surface area contributed by atoms with Crippen molar-refractivity contribution in [1.82, 2.24) is 0 Å². The van der Waals surface area contributed by atoms with Crippen LogP contribution in [0.4, 0.5) is 0 Å². The van der Waals surface area contributed by atoms with E-state index in [1.165, 1.54) is 0 Å². The third kappa shape index (κ3) is 11.4. The van der Waals surface area contributed by atoms with Gasteiger partial charge in [0.1, 0.15) is 0 Å². The minimum Gasteiger partial charge on any atom is -0.481 e. The van der Waals surface area contributed by atoms with Crippen molar-refractivity contribution in [1.29, 1.82) is 0 Å². The molecule has 59 valence electrons. The zero-order chi connectivity index (χ0) is 7.86. The molecule has 3 heteroatoms. The fourth-order valence-electron chi connectivity index (χ4n) is 0.175. The van der Waals surface area contributed by atoms with Crippen molar-refractivity contribution in [2.24, 2.45) is 5.92 Å². The fourth-order valence-corrected chi connectivity index (χ4v) is 0.175. The minimum atomic E-state index is -0.706. The van der Waals surface area contributed by atoms with Gasteiger partial charge in [0.2, 0.25) is 0 Å². The Morgan fingerprint density at radius 2 is 1.90 bits per heavy atom. The van der Waals surface area contributed by atoms with Gasteiger partial charge in [-0.15, -0.1) is 0 Å². The second-order valence-corrected chi connectivity index (χ2v) is 1.65. The monoisotopic (exact) mass is 220 g/mol. The van der Waals surface area contributed by atoms with Crippen LogP contribution in [-0.2, 0) is 37.5 Å². The summed E-state index contributed by atoms with van der Waals surface area (Å²) >= 11 is 0. The number of rotatable bonds is 2. The molecule has 0 spiro atoms. The van der Waals surface area contributed by atoms with E-state index < -0.39 is 5.97 Å². The average molecular weight is 220 g/mol. The third-order valence-electron chi connectivity index (χ3n) is 1.03. The van der Waals surface area contributed by atoms with Gasteiger partial charge >= 0.3 is 5.97 Å². The van der Waals surface area contributed by atoms with Gasteiger partial charge in [-0.25, -0.2) is 0 Å². The molecule has 1 unspecified atom stereocenters. The van der Waals surface area contributed by atoms with Gasteiger partial charge in [-0.2, -0.15) is 6.92 Å². The van der Waals surface area contributed by atoms with Crippen molar-refractivity contribution in [2.75, 3.05) is 0 Å². The van der Waals surface area contributed by atoms with Crippen molar-refractivity contribution in [3.63, 3.8) is 0 Å². The smallest absolute Gasteiger partial charge is 0.306 e. The molecule has 1 N–H and O–H groups in total. The molecule has 0 aliphatic carbocycles. The Morgan fingerprint density at radius 3 is 1.90 bits per heavy atom. The standard InChI is InChI=1S/C5H10O2.C2H5.Y/c1-3-4(2)5(6)7;1-2;/h4H,3H2,1-2H3,(H,6,7);1H2,2H3;/q;-1;. The van der Waals surface area contributed by atoms with Crippen LogP contribution in [0.2, 0.25) is 0 Å². The van der Waals surface area contributed by atoms with Crippen molar-refractivity contribution in [3.8, 4) is 0 Å². The summed E-state index contributed by atoms with van der Waals surface area (Å²) in [6.45, 7) is 8.56. The number of hydrogen-bond acceptors (Lipinski definition) is 1. The first-order chi connectivity index (χ1) is 4.18. The summed E-state index contributed by atoms with van der Waals surface area (Å²) in [6, 6.07) is 0. The quantitative estimate of drug-likeness (QED) is 0.722. The molecule has 1 radical (unpaired) electrons. The number of carboxylic acid groups (broad SMARTS) is 1. The van der Waals surface area contributed by atoms with Gasteiger partial charge in [0, 0.05) is 32.7 Å². The second-order valence-electron chi connectivity index (χ2n) is 1.65. The molecular formula is C7H15O2Y-. The van der Waals surface area contributed by atoms with E-state index in [0.29, 0.717) is 0 Å². The first kappa shape index (κ1) is 16.9. The van der Waals surface area contributed by atoms with Gasteiger partial charge in [-0.3, -0.25) is 4.79 Å². The van der Waals surface area contributed by atoms with E-state index in [0.717, 1.165) is 6.42 Å². The zero-order valence-corrected chi connectivity index (χ0v) is 9.76. The predicted molar refractivity (Wildman–Crippen MR) is 38.1 cm³/mol. The molecule has 0 bridgehead atoms. The number of carbonyl (C=O) groups is 1. The maximum atomic E-state index is 9.93. The molecule has 2 nitrogen and oxygen atoms in total. The van der Waals surface area contributed by atoms with Crippen molar-refractivity contribution >= 4 is 5.97 Å². The summed E-state index contributed by atoms with van der Waals surface area (Å²) in [5, 5.41) is 8.18. The number of aliphatic carboxylic acids is 1. The molecule has 0 aliphatic heterocycles. The number of hydrogen-bond donors (Lipinski definition) is 1. The topological polar surface area (TPSA) is 37.3 Å². The van der Waals surface area contributed by atoms with E-state index in [2.05, 4.69) is 6.92 Å². The van der Waals surface area contributed by atoms with Crippen LogP contribution in [0.15, 0.2) is 0 Å². The summed E-state index contributed by atoms with van der Waals surface area (Å²) in [5.74, 6) is -0.887. The molecular weight excluding hydrogens is 205 g/mol. The maximum absolute atomic E-state index is 9.93. The van der Waals surface area contributed by atoms with Crippen molar-refractivity contribution < 1.29 is 42.6 Å². The van der Waals surface area contributed by atoms with Crippen LogP contribution in [0.5, 0.6) is 0 Å². The van der Waals surface area contributed by atoms with Gasteiger partial charge in [-0.05, 0) is 6.42 Å². The van der Waals surface area contributed by atoms with E-state index in [1.807, 2.05) is 6.92 Å². The molecule has 0 heterocycles. The van der Waals surface area contributed by atoms with E-state index >= 15 is 0 Å². The van der Waals surface area contributed by atoms with E-state index in [4.69, 9.17) is 5.11 Å². The van der Waals surface area contributed by atoms with Crippen LogP contribution in [0.25, 0.3) is 0 Å². The second kappa shape index (κ2) is 12.3.